The molecule has 0 amide bonds. The Morgan fingerprint density at radius 3 is 2.15 bits per heavy atom. The highest BCUT2D eigenvalue weighted by Gasteiger charge is 2.52. The highest BCUT2D eigenvalue weighted by Crippen LogP contribution is 2.61. The van der Waals surface area contributed by atoms with E-state index in [0.717, 1.165) is 38.2 Å². The molecule has 0 aromatic heterocycles. The molecule has 0 unspecified atom stereocenters. The first-order valence-electron chi connectivity index (χ1n) is 11.8. The summed E-state index contributed by atoms with van der Waals surface area (Å²) >= 11 is 2.21. The van der Waals surface area contributed by atoms with Gasteiger partial charge in [-0.3, -0.25) is 0 Å². The van der Waals surface area contributed by atoms with E-state index in [1.54, 1.807) is 25.5 Å². The summed E-state index contributed by atoms with van der Waals surface area (Å²) in [7, 11) is 3.17. The van der Waals surface area contributed by atoms with Crippen molar-refractivity contribution in [3.05, 3.63) is 62.9 Å². The maximum absolute atomic E-state index is 11.9. The fourth-order valence-corrected chi connectivity index (χ4v) is 7.34. The average Bonchev–Trinajstić information content (AvgIpc) is 2.81. The van der Waals surface area contributed by atoms with Gasteiger partial charge in [0.1, 0.15) is 11.5 Å². The molecule has 4 saturated carbocycles. The van der Waals surface area contributed by atoms with Crippen molar-refractivity contribution in [1.82, 2.24) is 0 Å². The van der Waals surface area contributed by atoms with Gasteiger partial charge in [-0.15, -0.1) is 0 Å². The maximum Gasteiger partial charge on any atom is 0.337 e. The van der Waals surface area contributed by atoms with Crippen LogP contribution in [-0.2, 0) is 10.2 Å². The monoisotopic (exact) mass is 558 g/mol. The molecule has 0 heterocycles. The Hall–Kier alpha value is -2.02. The van der Waals surface area contributed by atoms with Crippen molar-refractivity contribution >= 4 is 34.1 Å². The number of rotatable bonds is 6. The highest BCUT2D eigenvalue weighted by molar-refractivity contribution is 14.1. The molecule has 4 nitrogen and oxygen atoms in total. The van der Waals surface area contributed by atoms with Gasteiger partial charge in [-0.1, -0.05) is 12.1 Å². The van der Waals surface area contributed by atoms with E-state index in [2.05, 4.69) is 40.8 Å². The lowest BCUT2D eigenvalue weighted by atomic mass is 9.48. The lowest BCUT2D eigenvalue weighted by Gasteiger charge is -2.57. The number of carbonyl (C=O) groups is 1. The first-order chi connectivity index (χ1) is 15.9. The van der Waals surface area contributed by atoms with Crippen molar-refractivity contribution in [3.8, 4) is 11.5 Å². The van der Waals surface area contributed by atoms with Gasteiger partial charge < -0.3 is 14.2 Å². The van der Waals surface area contributed by atoms with Gasteiger partial charge in [0.25, 0.3) is 0 Å². The molecule has 0 spiro atoms. The van der Waals surface area contributed by atoms with E-state index in [4.69, 9.17) is 14.2 Å². The van der Waals surface area contributed by atoms with Gasteiger partial charge in [-0.05, 0) is 127 Å². The van der Waals surface area contributed by atoms with Gasteiger partial charge in [0.15, 0.2) is 0 Å². The maximum atomic E-state index is 11.9. The molecule has 2 aromatic rings. The van der Waals surface area contributed by atoms with Crippen LogP contribution >= 0.6 is 22.6 Å². The van der Waals surface area contributed by atoms with E-state index in [1.807, 2.05) is 13.0 Å². The number of halogens is 1. The average molecular weight is 558 g/mol. The number of ether oxygens (including phenoxy) is 3. The van der Waals surface area contributed by atoms with Crippen LogP contribution in [0.15, 0.2) is 42.7 Å². The third kappa shape index (κ3) is 4.29. The number of allylic oxidation sites excluding steroid dienone is 1. The Balaban J connectivity index is 1.39. The lowest BCUT2D eigenvalue weighted by Crippen LogP contribution is -2.48. The molecule has 0 atom stereocenters. The summed E-state index contributed by atoms with van der Waals surface area (Å²) in [6.07, 6.45) is 10.0. The molecule has 0 saturated heterocycles. The smallest absolute Gasteiger partial charge is 0.337 e. The van der Waals surface area contributed by atoms with Gasteiger partial charge in [-0.2, -0.15) is 0 Å². The normalized spacial score (nSPS) is 28.0. The number of benzene rings is 2. The number of carbonyl (C=O) groups excluding carboxylic acids is 1. The summed E-state index contributed by atoms with van der Waals surface area (Å²) in [5.41, 5.74) is 4.27. The molecule has 0 radical (unpaired) electrons. The van der Waals surface area contributed by atoms with Crippen molar-refractivity contribution < 1.29 is 19.0 Å². The number of hydrogen-bond acceptors (Lipinski definition) is 4. The Morgan fingerprint density at radius 1 is 0.939 bits per heavy atom. The van der Waals surface area contributed by atoms with E-state index in [-0.39, 0.29) is 5.97 Å². The van der Waals surface area contributed by atoms with Gasteiger partial charge in [-0.25, -0.2) is 4.79 Å². The summed E-state index contributed by atoms with van der Waals surface area (Å²) in [6.45, 7) is 2.04. The molecule has 4 aliphatic carbocycles. The second-order valence-electron chi connectivity index (χ2n) is 10.2. The van der Waals surface area contributed by atoms with Crippen molar-refractivity contribution in [2.45, 2.75) is 50.9 Å². The minimum absolute atomic E-state index is 0.303. The van der Waals surface area contributed by atoms with Crippen molar-refractivity contribution in [1.29, 1.82) is 0 Å². The molecule has 0 aliphatic heterocycles. The molecular formula is C28H31IO4. The first-order valence-corrected chi connectivity index (χ1v) is 12.9. The lowest BCUT2D eigenvalue weighted by molar-refractivity contribution is -0.00615. The van der Waals surface area contributed by atoms with Crippen LogP contribution in [0.4, 0.5) is 0 Å². The van der Waals surface area contributed by atoms with Crippen LogP contribution in [-0.4, -0.2) is 20.2 Å². The summed E-state index contributed by atoms with van der Waals surface area (Å²) in [5, 5.41) is 0. The topological polar surface area (TPSA) is 44.8 Å². The molecule has 4 aliphatic rings. The molecule has 33 heavy (non-hydrogen) atoms. The minimum atomic E-state index is -0.373. The van der Waals surface area contributed by atoms with Crippen LogP contribution in [0.5, 0.6) is 11.5 Å². The SMILES string of the molecule is COC(=O)c1ccc(I)c(OC=C(C)c2ccc(C34CC5CC(CC(C5)C3)C4)c(OC)c2)c1. The standard InChI is InChI=1S/C28H31IO4/c1-17(16-33-26-12-22(27(30)32-3)5-7-24(26)29)21-4-6-23(25(11-21)31-2)28-13-18-8-19(14-28)10-20(9-18)15-28/h4-7,11-12,16,18-20H,8-10,13-15H2,1-3H3. The van der Waals surface area contributed by atoms with Crippen LogP contribution < -0.4 is 9.47 Å². The van der Waals surface area contributed by atoms with Crippen molar-refractivity contribution in [3.63, 3.8) is 0 Å². The van der Waals surface area contributed by atoms with E-state index in [0.29, 0.717) is 16.7 Å². The molecule has 6 rings (SSSR count). The van der Waals surface area contributed by atoms with Crippen LogP contribution in [0.25, 0.3) is 5.57 Å². The van der Waals surface area contributed by atoms with Gasteiger partial charge in [0, 0.05) is 5.56 Å². The van der Waals surface area contributed by atoms with Crippen molar-refractivity contribution in [2.24, 2.45) is 17.8 Å². The van der Waals surface area contributed by atoms with Crippen LogP contribution in [0.2, 0.25) is 0 Å². The van der Waals surface area contributed by atoms with Crippen molar-refractivity contribution in [2.75, 3.05) is 14.2 Å². The predicted octanol–water partition coefficient (Wildman–Crippen LogP) is 6.99. The Kier molecular flexibility index (Phi) is 6.19. The first kappa shape index (κ1) is 22.8. The molecule has 4 bridgehead atoms. The molecule has 5 heteroatoms. The quantitative estimate of drug-likeness (QED) is 0.218. The third-order valence-electron chi connectivity index (χ3n) is 7.98. The van der Waals surface area contributed by atoms with Crippen LogP contribution in [0.3, 0.4) is 0 Å². The van der Waals surface area contributed by atoms with Crippen LogP contribution in [0.1, 0.15) is 66.9 Å². The highest BCUT2D eigenvalue weighted by atomic mass is 127. The minimum Gasteiger partial charge on any atom is -0.496 e. The molecule has 4 fully saturated rings. The van der Waals surface area contributed by atoms with Gasteiger partial charge >= 0.3 is 5.97 Å². The number of hydrogen-bond donors (Lipinski definition) is 0. The fraction of sp³-hybridized carbons (Fsp3) is 0.464. The second kappa shape index (κ2) is 8.97. The zero-order valence-corrected chi connectivity index (χ0v) is 21.7. The molecule has 174 valence electrons. The summed E-state index contributed by atoms with van der Waals surface area (Å²) in [6, 6.07) is 12.0. The fourth-order valence-electron chi connectivity index (χ4n) is 6.87. The summed E-state index contributed by atoms with van der Waals surface area (Å²) in [4.78, 5) is 11.9. The molecular weight excluding hydrogens is 527 g/mol. The van der Waals surface area contributed by atoms with E-state index in [1.165, 1.54) is 51.2 Å². The zero-order valence-electron chi connectivity index (χ0n) is 19.5. The second-order valence-corrected chi connectivity index (χ2v) is 11.3. The predicted molar refractivity (Wildman–Crippen MR) is 138 cm³/mol. The molecule has 2 aromatic carbocycles. The Bertz CT molecular complexity index is 1070. The van der Waals surface area contributed by atoms with E-state index in [9.17, 15) is 4.79 Å². The third-order valence-corrected chi connectivity index (χ3v) is 8.87. The zero-order chi connectivity index (χ0) is 23.2. The van der Waals surface area contributed by atoms with E-state index < -0.39 is 0 Å². The summed E-state index contributed by atoms with van der Waals surface area (Å²) < 4.78 is 17.7. The Labute approximate surface area is 209 Å². The van der Waals surface area contributed by atoms with Gasteiger partial charge in [0.05, 0.1) is 29.6 Å². The number of methoxy groups -OCH3 is 2. The van der Waals surface area contributed by atoms with Gasteiger partial charge in [0.2, 0.25) is 0 Å². The number of esters is 1. The Morgan fingerprint density at radius 2 is 1.55 bits per heavy atom. The van der Waals surface area contributed by atoms with E-state index >= 15 is 0 Å². The summed E-state index contributed by atoms with van der Waals surface area (Å²) in [5.74, 6) is 3.97. The molecule has 0 N–H and O–H groups in total. The largest absolute Gasteiger partial charge is 0.496 e. The van der Waals surface area contributed by atoms with Crippen LogP contribution in [0, 0.1) is 21.3 Å².